The van der Waals surface area contributed by atoms with Crippen LogP contribution in [0.1, 0.15) is 16.7 Å². The van der Waals surface area contributed by atoms with E-state index in [2.05, 4.69) is 4.98 Å². The molecule has 0 fully saturated rings. The summed E-state index contributed by atoms with van der Waals surface area (Å²) in [7, 11) is 0. The molecular weight excluding hydrogens is 230 g/mol. The van der Waals surface area contributed by atoms with Crippen LogP contribution in [-0.4, -0.2) is 16.1 Å². The Kier molecular flexibility index (Phi) is 3.02. The molecule has 0 atom stereocenters. The van der Waals surface area contributed by atoms with E-state index in [1.807, 2.05) is 32.0 Å². The summed E-state index contributed by atoms with van der Waals surface area (Å²) in [5.41, 5.74) is 2.72. The van der Waals surface area contributed by atoms with E-state index >= 15 is 0 Å². The number of aliphatic carboxylic acids is 1. The minimum Gasteiger partial charge on any atom is -0.478 e. The fourth-order valence-electron chi connectivity index (χ4n) is 1.95. The van der Waals surface area contributed by atoms with E-state index in [0.29, 0.717) is 5.56 Å². The van der Waals surface area contributed by atoms with Crippen LogP contribution in [0.2, 0.25) is 0 Å². The lowest BCUT2D eigenvalue weighted by molar-refractivity contribution is -0.131. The Bertz CT molecular complexity index is 711. The molecule has 0 bridgehead atoms. The maximum Gasteiger partial charge on any atom is 0.328 e. The number of fused-ring (bicyclic) bond motifs is 1. The standard InChI is InChI=1S/C14H13NO3/c1-8-3-4-10-9(2)11(5-6-13(16)17)14(18)15-12(10)7-8/h3-7H,1-2H3,(H,15,18)(H,16,17)/b6-5+. The SMILES string of the molecule is Cc1ccc2c(C)c(/C=C/C(=O)O)c(=O)[nH]c2c1. The van der Waals surface area contributed by atoms with Crippen molar-refractivity contribution in [1.82, 2.24) is 4.98 Å². The number of carbonyl (C=O) groups is 1. The lowest BCUT2D eigenvalue weighted by Crippen LogP contribution is -2.12. The van der Waals surface area contributed by atoms with E-state index in [4.69, 9.17) is 5.11 Å². The summed E-state index contributed by atoms with van der Waals surface area (Å²) >= 11 is 0. The number of pyridine rings is 1. The van der Waals surface area contributed by atoms with Gasteiger partial charge >= 0.3 is 5.97 Å². The third kappa shape index (κ3) is 2.18. The molecule has 2 N–H and O–H groups in total. The number of benzene rings is 1. The van der Waals surface area contributed by atoms with Gasteiger partial charge in [-0.3, -0.25) is 4.79 Å². The number of hydrogen-bond donors (Lipinski definition) is 2. The van der Waals surface area contributed by atoms with Crippen molar-refractivity contribution in [1.29, 1.82) is 0 Å². The molecule has 0 unspecified atom stereocenters. The van der Waals surface area contributed by atoms with Crippen molar-refractivity contribution in [2.24, 2.45) is 0 Å². The molecule has 4 nitrogen and oxygen atoms in total. The first kappa shape index (κ1) is 12.1. The Morgan fingerprint density at radius 3 is 2.72 bits per heavy atom. The predicted molar refractivity (Wildman–Crippen MR) is 70.7 cm³/mol. The highest BCUT2D eigenvalue weighted by Crippen LogP contribution is 2.19. The van der Waals surface area contributed by atoms with Gasteiger partial charge in [0.2, 0.25) is 0 Å². The molecule has 18 heavy (non-hydrogen) atoms. The predicted octanol–water partition coefficient (Wildman–Crippen LogP) is 2.24. The molecule has 0 spiro atoms. The van der Waals surface area contributed by atoms with E-state index in [1.165, 1.54) is 6.08 Å². The molecule has 4 heteroatoms. The van der Waals surface area contributed by atoms with Gasteiger partial charge in [-0.15, -0.1) is 0 Å². The largest absolute Gasteiger partial charge is 0.478 e. The fourth-order valence-corrected chi connectivity index (χ4v) is 1.95. The first-order valence-corrected chi connectivity index (χ1v) is 5.53. The van der Waals surface area contributed by atoms with Crippen molar-refractivity contribution >= 4 is 22.9 Å². The van der Waals surface area contributed by atoms with Gasteiger partial charge in [0.25, 0.3) is 5.56 Å². The number of aryl methyl sites for hydroxylation is 2. The topological polar surface area (TPSA) is 70.2 Å². The van der Waals surface area contributed by atoms with Crippen molar-refractivity contribution in [2.45, 2.75) is 13.8 Å². The molecule has 2 rings (SSSR count). The lowest BCUT2D eigenvalue weighted by Gasteiger charge is -2.06. The smallest absolute Gasteiger partial charge is 0.328 e. The number of aromatic nitrogens is 1. The van der Waals surface area contributed by atoms with Gasteiger partial charge in [-0.1, -0.05) is 12.1 Å². The number of aromatic amines is 1. The van der Waals surface area contributed by atoms with Crippen molar-refractivity contribution in [2.75, 3.05) is 0 Å². The highest BCUT2D eigenvalue weighted by Gasteiger charge is 2.06. The molecule has 1 aromatic carbocycles. The second-order valence-electron chi connectivity index (χ2n) is 4.21. The molecule has 0 saturated carbocycles. The zero-order valence-corrected chi connectivity index (χ0v) is 10.2. The number of hydrogen-bond acceptors (Lipinski definition) is 2. The van der Waals surface area contributed by atoms with Crippen LogP contribution >= 0.6 is 0 Å². The molecule has 0 aliphatic rings. The van der Waals surface area contributed by atoms with Gasteiger partial charge in [0.15, 0.2) is 0 Å². The zero-order valence-electron chi connectivity index (χ0n) is 10.2. The van der Waals surface area contributed by atoms with Crippen LogP contribution in [0, 0.1) is 13.8 Å². The first-order valence-electron chi connectivity index (χ1n) is 5.53. The summed E-state index contributed by atoms with van der Waals surface area (Å²) in [6.45, 7) is 3.76. The molecule has 0 aliphatic heterocycles. The monoisotopic (exact) mass is 243 g/mol. The Labute approximate surface area is 104 Å². The third-order valence-electron chi connectivity index (χ3n) is 2.87. The van der Waals surface area contributed by atoms with Gasteiger partial charge < -0.3 is 10.1 Å². The molecular formula is C14H13NO3. The van der Waals surface area contributed by atoms with Crippen LogP contribution in [-0.2, 0) is 4.79 Å². The third-order valence-corrected chi connectivity index (χ3v) is 2.87. The van der Waals surface area contributed by atoms with Gasteiger partial charge in [-0.25, -0.2) is 4.79 Å². The molecule has 92 valence electrons. The normalized spacial score (nSPS) is 11.2. The van der Waals surface area contributed by atoms with Crippen LogP contribution in [0.5, 0.6) is 0 Å². The quantitative estimate of drug-likeness (QED) is 0.795. The fraction of sp³-hybridized carbons (Fsp3) is 0.143. The van der Waals surface area contributed by atoms with Gasteiger partial charge in [-0.05, 0) is 37.1 Å². The van der Waals surface area contributed by atoms with Gasteiger partial charge in [0.05, 0.1) is 0 Å². The molecule has 0 radical (unpaired) electrons. The van der Waals surface area contributed by atoms with Crippen molar-refractivity contribution < 1.29 is 9.90 Å². The summed E-state index contributed by atoms with van der Waals surface area (Å²) in [6.07, 6.45) is 2.30. The van der Waals surface area contributed by atoms with Gasteiger partial charge in [0.1, 0.15) is 0 Å². The highest BCUT2D eigenvalue weighted by atomic mass is 16.4. The van der Waals surface area contributed by atoms with Crippen molar-refractivity contribution in [3.05, 3.63) is 51.3 Å². The summed E-state index contributed by atoms with van der Waals surface area (Å²) in [5.74, 6) is -1.07. The number of nitrogens with one attached hydrogen (secondary N) is 1. The maximum atomic E-state index is 11.9. The number of carboxylic acid groups (broad SMARTS) is 1. The lowest BCUT2D eigenvalue weighted by atomic mass is 10.0. The Balaban J connectivity index is 2.73. The summed E-state index contributed by atoms with van der Waals surface area (Å²) in [6, 6.07) is 5.78. The van der Waals surface area contributed by atoms with Crippen LogP contribution in [0.25, 0.3) is 17.0 Å². The average Bonchev–Trinajstić information content (AvgIpc) is 2.27. The minimum absolute atomic E-state index is 0.275. The van der Waals surface area contributed by atoms with Gasteiger partial charge in [0, 0.05) is 22.5 Å². The Morgan fingerprint density at radius 1 is 1.33 bits per heavy atom. The molecule has 1 heterocycles. The molecule has 1 aromatic heterocycles. The average molecular weight is 243 g/mol. The van der Waals surface area contributed by atoms with E-state index in [0.717, 1.165) is 28.1 Å². The second-order valence-corrected chi connectivity index (χ2v) is 4.21. The molecule has 0 saturated heterocycles. The zero-order chi connectivity index (χ0) is 13.3. The first-order chi connectivity index (χ1) is 8.49. The van der Waals surface area contributed by atoms with Crippen molar-refractivity contribution in [3.63, 3.8) is 0 Å². The molecule has 0 amide bonds. The van der Waals surface area contributed by atoms with Crippen LogP contribution in [0.3, 0.4) is 0 Å². The summed E-state index contributed by atoms with van der Waals surface area (Å²) < 4.78 is 0. The summed E-state index contributed by atoms with van der Waals surface area (Å²) in [4.78, 5) is 25.1. The highest BCUT2D eigenvalue weighted by molar-refractivity contribution is 5.89. The molecule has 0 aliphatic carbocycles. The maximum absolute atomic E-state index is 11.9. The van der Waals surface area contributed by atoms with Crippen LogP contribution in [0.15, 0.2) is 29.1 Å². The molecule has 2 aromatic rings. The number of carboxylic acids is 1. The van der Waals surface area contributed by atoms with E-state index in [-0.39, 0.29) is 5.56 Å². The van der Waals surface area contributed by atoms with E-state index in [1.54, 1.807) is 0 Å². The van der Waals surface area contributed by atoms with E-state index in [9.17, 15) is 9.59 Å². The van der Waals surface area contributed by atoms with Crippen LogP contribution < -0.4 is 5.56 Å². The minimum atomic E-state index is -1.07. The summed E-state index contributed by atoms with van der Waals surface area (Å²) in [5, 5.41) is 9.53. The second kappa shape index (κ2) is 4.49. The number of rotatable bonds is 2. The Hall–Kier alpha value is -2.36. The van der Waals surface area contributed by atoms with Crippen molar-refractivity contribution in [3.8, 4) is 0 Å². The number of H-pyrrole nitrogens is 1. The Morgan fingerprint density at radius 2 is 2.06 bits per heavy atom. The van der Waals surface area contributed by atoms with Gasteiger partial charge in [-0.2, -0.15) is 0 Å². The van der Waals surface area contributed by atoms with E-state index < -0.39 is 5.97 Å². The van der Waals surface area contributed by atoms with Crippen LogP contribution in [0.4, 0.5) is 0 Å².